The van der Waals surface area contributed by atoms with Crippen LogP contribution in [0.2, 0.25) is 0 Å². The molecule has 0 saturated heterocycles. The number of thioether (sulfide) groups is 1. The Bertz CT molecular complexity index is 168. The Morgan fingerprint density at radius 3 is 2.89 bits per heavy atom. The maximum absolute atomic E-state index is 10.2. The van der Waals surface area contributed by atoms with Crippen molar-refractivity contribution in [1.29, 1.82) is 0 Å². The second-order valence-electron chi connectivity index (χ2n) is 1.55. The zero-order valence-corrected chi connectivity index (χ0v) is 6.76. The molecule has 1 rings (SSSR count). The highest BCUT2D eigenvalue weighted by atomic mass is 35.5. The number of hydrogen-bond acceptors (Lipinski definition) is 3. The van der Waals surface area contributed by atoms with Gasteiger partial charge in [-0.1, -0.05) is 29.4 Å². The summed E-state index contributed by atoms with van der Waals surface area (Å²) < 4.78 is 20.7. The third-order valence-electron chi connectivity index (χ3n) is 0.929. The Labute approximate surface area is 64.9 Å². The highest BCUT2D eigenvalue weighted by Gasteiger charge is 2.16. The Hall–Kier alpha value is 0.490. The molecule has 0 saturated carbocycles. The first-order chi connectivity index (χ1) is 4.20. The fraction of sp³-hybridized carbons (Fsp3) is 0.500. The van der Waals surface area contributed by atoms with Gasteiger partial charge in [-0.25, -0.2) is 0 Å². The summed E-state index contributed by atoms with van der Waals surface area (Å²) in [5.41, 5.74) is 0. The molecular weight excluding hydrogens is 180 g/mol. The average molecular weight is 184 g/mol. The summed E-state index contributed by atoms with van der Waals surface area (Å²) >= 11 is 4.70. The lowest BCUT2D eigenvalue weighted by Gasteiger charge is -2.10. The third kappa shape index (κ3) is 1.97. The molecule has 2 nitrogen and oxygen atoms in total. The Morgan fingerprint density at radius 1 is 2.00 bits per heavy atom. The molecule has 0 amide bonds. The summed E-state index contributed by atoms with van der Waals surface area (Å²) in [7, 11) is 0. The maximum atomic E-state index is 10.2. The van der Waals surface area contributed by atoms with E-state index in [-0.39, 0.29) is 4.58 Å². The Morgan fingerprint density at radius 2 is 2.67 bits per heavy atom. The van der Waals surface area contributed by atoms with Crippen LogP contribution in [0, 0.1) is 0 Å². The van der Waals surface area contributed by atoms with E-state index < -0.39 is 11.1 Å². The molecule has 1 aliphatic heterocycles. The predicted molar refractivity (Wildman–Crippen MR) is 38.9 cm³/mol. The van der Waals surface area contributed by atoms with E-state index in [2.05, 4.69) is 0 Å². The highest BCUT2D eigenvalue weighted by Crippen LogP contribution is 2.35. The van der Waals surface area contributed by atoms with Crippen LogP contribution >= 0.6 is 23.4 Å². The van der Waals surface area contributed by atoms with Crippen molar-refractivity contribution in [3.8, 4) is 0 Å². The van der Waals surface area contributed by atoms with Crippen molar-refractivity contribution in [2.75, 3.05) is 0 Å². The fourth-order valence-electron chi connectivity index (χ4n) is 0.529. The minimum Gasteiger partial charge on any atom is -0.771 e. The molecule has 0 N–H and O–H groups in total. The highest BCUT2D eigenvalue weighted by molar-refractivity contribution is 8.13. The molecule has 52 valence electrons. The molecule has 0 aromatic heterocycles. The zero-order chi connectivity index (χ0) is 6.85. The van der Waals surface area contributed by atoms with Crippen molar-refractivity contribution in [1.82, 2.24) is 0 Å². The fourth-order valence-corrected chi connectivity index (χ4v) is 2.61. The van der Waals surface area contributed by atoms with Gasteiger partial charge in [0.1, 0.15) is 0 Å². The molecule has 1 aliphatic rings. The summed E-state index contributed by atoms with van der Waals surface area (Å²) in [6.45, 7) is 0. The minimum absolute atomic E-state index is 0.350. The minimum atomic E-state index is -1.99. The van der Waals surface area contributed by atoms with Crippen LogP contribution in [0.15, 0.2) is 10.4 Å². The van der Waals surface area contributed by atoms with E-state index in [0.29, 0.717) is 10.8 Å². The van der Waals surface area contributed by atoms with Gasteiger partial charge in [0.15, 0.2) is 0 Å². The van der Waals surface area contributed by atoms with Crippen LogP contribution in [-0.2, 0) is 11.1 Å². The predicted octanol–water partition coefficient (Wildman–Crippen LogP) is 1.41. The number of allylic oxidation sites excluding steroid dienone is 1. The summed E-state index contributed by atoms with van der Waals surface area (Å²) in [4.78, 5) is 0. The second-order valence-corrected chi connectivity index (χ2v) is 4.82. The maximum Gasteiger partial charge on any atom is 0.0760 e. The summed E-state index contributed by atoms with van der Waals surface area (Å²) in [6, 6.07) is 0. The topological polar surface area (TPSA) is 40.1 Å². The molecule has 0 radical (unpaired) electrons. The van der Waals surface area contributed by atoms with Crippen LogP contribution in [0.25, 0.3) is 0 Å². The molecule has 0 bridgehead atoms. The van der Waals surface area contributed by atoms with Crippen molar-refractivity contribution in [2.24, 2.45) is 0 Å². The van der Waals surface area contributed by atoms with E-state index in [1.165, 1.54) is 11.8 Å². The SMILES string of the molecule is O=S([O-])C1CC=C(Cl)S1. The van der Waals surface area contributed by atoms with Crippen molar-refractivity contribution >= 4 is 34.4 Å². The first-order valence-electron chi connectivity index (χ1n) is 2.30. The average Bonchev–Trinajstić information content (AvgIpc) is 2.14. The standard InChI is InChI=1S/C4H5ClO2S2/c5-3-1-2-4(8-3)9(6)7/h1,4H,2H2,(H,6,7)/p-1. The Balaban J connectivity index is 2.47. The number of hydrogen-bond donors (Lipinski definition) is 0. The Kier molecular flexibility index (Phi) is 2.58. The molecule has 0 aliphatic carbocycles. The van der Waals surface area contributed by atoms with E-state index in [1.807, 2.05) is 0 Å². The molecule has 1 heterocycles. The van der Waals surface area contributed by atoms with Gasteiger partial charge in [0, 0.05) is 0 Å². The molecule has 2 unspecified atom stereocenters. The number of rotatable bonds is 1. The molecule has 0 fully saturated rings. The quantitative estimate of drug-likeness (QED) is 0.578. The van der Waals surface area contributed by atoms with Crippen LogP contribution < -0.4 is 0 Å². The van der Waals surface area contributed by atoms with Crippen molar-refractivity contribution < 1.29 is 8.76 Å². The second kappa shape index (κ2) is 3.05. The van der Waals surface area contributed by atoms with Gasteiger partial charge < -0.3 is 4.55 Å². The molecule has 0 spiro atoms. The lowest BCUT2D eigenvalue weighted by atomic mass is 10.5. The van der Waals surface area contributed by atoms with Gasteiger partial charge in [0.25, 0.3) is 0 Å². The summed E-state index contributed by atoms with van der Waals surface area (Å²) in [6.07, 6.45) is 2.26. The largest absolute Gasteiger partial charge is 0.771 e. The first kappa shape index (κ1) is 7.60. The van der Waals surface area contributed by atoms with Gasteiger partial charge in [-0.15, -0.1) is 0 Å². The van der Waals surface area contributed by atoms with E-state index in [0.717, 1.165) is 0 Å². The van der Waals surface area contributed by atoms with Crippen molar-refractivity contribution in [3.63, 3.8) is 0 Å². The van der Waals surface area contributed by atoms with E-state index in [1.54, 1.807) is 6.08 Å². The van der Waals surface area contributed by atoms with Crippen LogP contribution in [-0.4, -0.2) is 13.3 Å². The molecular formula is C4H4ClO2S2-. The molecule has 2 atom stereocenters. The first-order valence-corrected chi connectivity index (χ1v) is 4.70. The van der Waals surface area contributed by atoms with Crippen molar-refractivity contribution in [2.45, 2.75) is 11.0 Å². The van der Waals surface area contributed by atoms with Gasteiger partial charge in [-0.3, -0.25) is 4.21 Å². The third-order valence-corrected chi connectivity index (χ3v) is 3.58. The van der Waals surface area contributed by atoms with Gasteiger partial charge in [0.2, 0.25) is 0 Å². The van der Waals surface area contributed by atoms with E-state index in [9.17, 15) is 8.76 Å². The van der Waals surface area contributed by atoms with Gasteiger partial charge >= 0.3 is 0 Å². The zero-order valence-electron chi connectivity index (χ0n) is 4.37. The molecule has 0 aromatic carbocycles. The van der Waals surface area contributed by atoms with Crippen LogP contribution in [0.4, 0.5) is 0 Å². The van der Waals surface area contributed by atoms with Gasteiger partial charge in [-0.2, -0.15) is 0 Å². The lowest BCUT2D eigenvalue weighted by molar-refractivity contribution is 0.534. The van der Waals surface area contributed by atoms with Crippen LogP contribution in [0.3, 0.4) is 0 Å². The summed E-state index contributed by atoms with van der Waals surface area (Å²) in [5.74, 6) is 0. The monoisotopic (exact) mass is 183 g/mol. The molecule has 9 heavy (non-hydrogen) atoms. The summed E-state index contributed by atoms with van der Waals surface area (Å²) in [5, 5.41) is 0. The molecule has 0 aromatic rings. The van der Waals surface area contributed by atoms with E-state index >= 15 is 0 Å². The smallest absolute Gasteiger partial charge is 0.0760 e. The van der Waals surface area contributed by atoms with Gasteiger partial charge in [0.05, 0.1) is 8.95 Å². The number of halogens is 1. The normalized spacial score (nSPS) is 30.0. The molecule has 5 heteroatoms. The van der Waals surface area contributed by atoms with Crippen LogP contribution in [0.1, 0.15) is 6.42 Å². The van der Waals surface area contributed by atoms with Crippen LogP contribution in [0.5, 0.6) is 0 Å². The van der Waals surface area contributed by atoms with E-state index in [4.69, 9.17) is 11.6 Å². The van der Waals surface area contributed by atoms with Gasteiger partial charge in [-0.05, 0) is 17.5 Å². The lowest BCUT2D eigenvalue weighted by Crippen LogP contribution is -2.04. The van der Waals surface area contributed by atoms with Crippen molar-refractivity contribution in [3.05, 3.63) is 10.4 Å².